The van der Waals surface area contributed by atoms with Crippen molar-refractivity contribution in [1.29, 1.82) is 0 Å². The summed E-state index contributed by atoms with van der Waals surface area (Å²) in [6.07, 6.45) is 0.995. The van der Waals surface area contributed by atoms with E-state index in [2.05, 4.69) is 10.2 Å². The fourth-order valence-corrected chi connectivity index (χ4v) is 9.11. The number of carbonyl (C=O) groups is 5. The van der Waals surface area contributed by atoms with Crippen molar-refractivity contribution in [3.05, 3.63) is 63.6 Å². The molecule has 324 valence electrons. The van der Waals surface area contributed by atoms with Gasteiger partial charge < -0.3 is 48.3 Å². The maximum Gasteiger partial charge on any atom is 0.511 e. The number of piperidine rings is 3. The SMILES string of the molecule is CCOC(=O)OC(C)OC(=O)C1CCN(C2CCN(C(=O)[C@@H](Cc3cc(C)c4c(c3)oc(=O)n4C)OC(=O)N3CCC(N4CCc5ccccc5NC4=O)CC3)CC2)CC1. The second-order valence-electron chi connectivity index (χ2n) is 16.2. The molecule has 4 aliphatic rings. The third-order valence-corrected chi connectivity index (χ3v) is 12.3. The van der Waals surface area contributed by atoms with Crippen LogP contribution in [0.3, 0.4) is 0 Å². The van der Waals surface area contributed by atoms with E-state index < -0.39 is 36.4 Å². The van der Waals surface area contributed by atoms with Gasteiger partial charge in [-0.25, -0.2) is 19.2 Å². The molecule has 2 atom stereocenters. The largest absolute Gasteiger partial charge is 0.511 e. The maximum absolute atomic E-state index is 14.3. The van der Waals surface area contributed by atoms with Gasteiger partial charge in [0.25, 0.3) is 5.91 Å². The lowest BCUT2D eigenvalue weighted by Crippen LogP contribution is -2.53. The summed E-state index contributed by atoms with van der Waals surface area (Å²) in [5.74, 6) is -1.49. The van der Waals surface area contributed by atoms with Crippen molar-refractivity contribution >= 4 is 46.9 Å². The molecule has 17 nitrogen and oxygen atoms in total. The average molecular weight is 833 g/mol. The molecule has 17 heteroatoms. The van der Waals surface area contributed by atoms with Crippen LogP contribution in [0.4, 0.5) is 20.1 Å². The number of oxazole rings is 1. The minimum atomic E-state index is -1.12. The molecule has 4 amide bonds. The zero-order chi connectivity index (χ0) is 42.5. The van der Waals surface area contributed by atoms with E-state index in [-0.39, 0.29) is 43.0 Å². The normalized spacial score (nSPS) is 19.5. The van der Waals surface area contributed by atoms with Gasteiger partial charge in [-0.05, 0) is 101 Å². The highest BCUT2D eigenvalue weighted by molar-refractivity contribution is 5.91. The molecule has 2 aromatic carbocycles. The van der Waals surface area contributed by atoms with Crippen LogP contribution in [0, 0.1) is 12.8 Å². The van der Waals surface area contributed by atoms with Crippen LogP contribution in [0.1, 0.15) is 69.1 Å². The van der Waals surface area contributed by atoms with Gasteiger partial charge in [0, 0.05) is 70.9 Å². The number of ether oxygens (including phenoxy) is 4. The Balaban J connectivity index is 0.956. The molecule has 1 aromatic heterocycles. The topological polar surface area (TPSA) is 182 Å². The van der Waals surface area contributed by atoms with Crippen LogP contribution >= 0.6 is 0 Å². The van der Waals surface area contributed by atoms with Crippen molar-refractivity contribution < 1.29 is 47.3 Å². The Bertz CT molecular complexity index is 2110. The van der Waals surface area contributed by atoms with Crippen molar-refractivity contribution in [2.75, 3.05) is 57.7 Å². The number of hydrogen-bond acceptors (Lipinski definition) is 12. The molecular weight excluding hydrogens is 777 g/mol. The summed E-state index contributed by atoms with van der Waals surface area (Å²) in [6.45, 7) is 8.83. The second kappa shape index (κ2) is 18.8. The predicted octanol–water partition coefficient (Wildman–Crippen LogP) is 4.81. The molecule has 1 N–H and O–H groups in total. The number of fused-ring (bicyclic) bond motifs is 2. The molecular formula is C43H56N6O11. The minimum Gasteiger partial charge on any atom is -0.436 e. The van der Waals surface area contributed by atoms with Crippen molar-refractivity contribution in [2.45, 2.75) is 96.6 Å². The first-order valence-electron chi connectivity index (χ1n) is 21.1. The highest BCUT2D eigenvalue weighted by Gasteiger charge is 2.38. The van der Waals surface area contributed by atoms with Gasteiger partial charge in [-0.2, -0.15) is 0 Å². The fraction of sp³-hybridized carbons (Fsp3) is 0.581. The Morgan fingerprint density at radius 1 is 0.850 bits per heavy atom. The molecule has 60 heavy (non-hydrogen) atoms. The number of hydrogen-bond donors (Lipinski definition) is 1. The first kappa shape index (κ1) is 42.5. The number of esters is 1. The first-order chi connectivity index (χ1) is 28.9. The summed E-state index contributed by atoms with van der Waals surface area (Å²) in [4.78, 5) is 85.6. The van der Waals surface area contributed by atoms with Gasteiger partial charge in [-0.3, -0.25) is 14.2 Å². The Morgan fingerprint density at radius 3 is 2.25 bits per heavy atom. The van der Waals surface area contributed by atoms with Crippen LogP contribution in [0.5, 0.6) is 0 Å². The fourth-order valence-electron chi connectivity index (χ4n) is 9.11. The van der Waals surface area contributed by atoms with Gasteiger partial charge in [0.15, 0.2) is 11.7 Å². The van der Waals surface area contributed by atoms with Gasteiger partial charge in [-0.1, -0.05) is 24.3 Å². The van der Waals surface area contributed by atoms with E-state index in [1.165, 1.54) is 11.5 Å². The highest BCUT2D eigenvalue weighted by atomic mass is 16.8. The number of aromatic nitrogens is 1. The summed E-state index contributed by atoms with van der Waals surface area (Å²) < 4.78 is 28.1. The molecule has 0 aliphatic carbocycles. The van der Waals surface area contributed by atoms with Crippen molar-refractivity contribution in [3.8, 4) is 0 Å². The summed E-state index contributed by atoms with van der Waals surface area (Å²) in [6, 6.07) is 11.5. The first-order valence-corrected chi connectivity index (χ1v) is 21.1. The van der Waals surface area contributed by atoms with Crippen LogP contribution in [0.15, 0.2) is 45.6 Å². The van der Waals surface area contributed by atoms with Gasteiger partial charge >= 0.3 is 30.0 Å². The number of carbonyl (C=O) groups excluding carboxylic acids is 5. The number of aryl methyl sites for hydroxylation is 2. The molecule has 0 spiro atoms. The summed E-state index contributed by atoms with van der Waals surface area (Å²) in [7, 11) is 1.64. The second-order valence-corrected chi connectivity index (χ2v) is 16.2. The summed E-state index contributed by atoms with van der Waals surface area (Å²) in [5, 5.41) is 3.04. The van der Waals surface area contributed by atoms with Crippen molar-refractivity contribution in [2.24, 2.45) is 13.0 Å². The zero-order valence-electron chi connectivity index (χ0n) is 34.9. The van der Waals surface area contributed by atoms with E-state index in [0.717, 1.165) is 36.1 Å². The molecule has 7 rings (SSSR count). The van der Waals surface area contributed by atoms with E-state index in [4.69, 9.17) is 23.4 Å². The monoisotopic (exact) mass is 832 g/mol. The molecule has 3 aromatic rings. The number of amides is 4. The number of nitrogens with one attached hydrogen (secondary N) is 1. The third-order valence-electron chi connectivity index (χ3n) is 12.3. The molecule has 3 fully saturated rings. The van der Waals surface area contributed by atoms with Gasteiger partial charge in [0.1, 0.15) is 0 Å². The molecule has 0 radical (unpaired) electrons. The Kier molecular flexibility index (Phi) is 13.3. The summed E-state index contributed by atoms with van der Waals surface area (Å²) >= 11 is 0. The lowest BCUT2D eigenvalue weighted by molar-refractivity contribution is -0.174. The Hall–Kier alpha value is -5.58. The molecule has 0 bridgehead atoms. The van der Waals surface area contributed by atoms with E-state index in [9.17, 15) is 28.8 Å². The Labute approximate surface area is 348 Å². The van der Waals surface area contributed by atoms with Crippen molar-refractivity contribution in [3.63, 3.8) is 0 Å². The van der Waals surface area contributed by atoms with Crippen molar-refractivity contribution in [1.82, 2.24) is 24.2 Å². The van der Waals surface area contributed by atoms with Gasteiger partial charge in [-0.15, -0.1) is 0 Å². The number of nitrogens with zero attached hydrogens (tertiary/aromatic N) is 5. The molecule has 4 aliphatic heterocycles. The molecule has 0 saturated carbocycles. The quantitative estimate of drug-likeness (QED) is 0.168. The standard InChI is InChI=1S/C43H56N6O11/c1-5-56-43(55)58-28(3)57-39(51)31-10-17-46(18-11-31)32-13-19-47(20-14-32)38(50)36(26-29-24-27(2)37-35(25-29)59-41(53)45(37)4)60-42(54)48-21-15-33(16-22-48)49-23-12-30-8-6-7-9-34(30)44-40(49)52/h6-9,24-25,28,31-33,36H,5,10-23,26H2,1-4H3,(H,44,52)/t28?,36-/m1/s1. The van der Waals surface area contributed by atoms with Crippen LogP contribution in [0.25, 0.3) is 11.1 Å². The number of rotatable bonds is 10. The number of urea groups is 1. The molecule has 3 saturated heterocycles. The van der Waals surface area contributed by atoms with E-state index >= 15 is 0 Å². The maximum atomic E-state index is 14.3. The number of para-hydroxylation sites is 1. The van der Waals surface area contributed by atoms with Crippen LogP contribution in [0.2, 0.25) is 0 Å². The Morgan fingerprint density at radius 2 is 1.53 bits per heavy atom. The third kappa shape index (κ3) is 9.72. The van der Waals surface area contributed by atoms with E-state index in [1.807, 2.05) is 42.2 Å². The van der Waals surface area contributed by atoms with Crippen LogP contribution < -0.4 is 11.1 Å². The average Bonchev–Trinajstić information content (AvgIpc) is 3.41. The van der Waals surface area contributed by atoms with Gasteiger partial charge in [0.05, 0.1) is 18.0 Å². The number of benzene rings is 2. The smallest absolute Gasteiger partial charge is 0.436 e. The van der Waals surface area contributed by atoms with Crippen LogP contribution in [-0.2, 0) is 48.4 Å². The van der Waals surface area contributed by atoms with E-state index in [0.29, 0.717) is 88.2 Å². The van der Waals surface area contributed by atoms with Gasteiger partial charge in [0.2, 0.25) is 6.29 Å². The predicted molar refractivity (Wildman–Crippen MR) is 218 cm³/mol. The zero-order valence-corrected chi connectivity index (χ0v) is 34.9. The lowest BCUT2D eigenvalue weighted by atomic mass is 9.93. The van der Waals surface area contributed by atoms with Crippen LogP contribution in [-0.4, -0.2) is 131 Å². The number of likely N-dealkylation sites (tertiary alicyclic amines) is 3. The van der Waals surface area contributed by atoms with E-state index in [1.54, 1.807) is 29.8 Å². The molecule has 1 unspecified atom stereocenters. The number of anilines is 1. The summed E-state index contributed by atoms with van der Waals surface area (Å²) in [5.41, 5.74) is 4.47. The molecule has 5 heterocycles. The minimum absolute atomic E-state index is 0.0435. The lowest BCUT2D eigenvalue weighted by Gasteiger charge is -2.42. The highest BCUT2D eigenvalue weighted by Crippen LogP contribution is 2.28.